The van der Waals surface area contributed by atoms with Crippen molar-refractivity contribution in [2.24, 2.45) is 12.0 Å². The van der Waals surface area contributed by atoms with Crippen molar-refractivity contribution in [2.75, 3.05) is 57.8 Å². The van der Waals surface area contributed by atoms with E-state index in [1.165, 1.54) is 0 Å². The molecule has 1 fully saturated rings. The molecule has 0 aliphatic carbocycles. The Hall–Kier alpha value is -2.46. The molecule has 1 aliphatic rings. The minimum atomic E-state index is 0.400. The number of fused-ring (bicyclic) bond motifs is 1. The maximum absolute atomic E-state index is 5.42. The zero-order chi connectivity index (χ0) is 19.8. The number of ether oxygens (including phenoxy) is 1. The lowest BCUT2D eigenvalue weighted by Crippen LogP contribution is -2.45. The van der Waals surface area contributed by atoms with Crippen LogP contribution in [0.15, 0.2) is 17.5 Å². The van der Waals surface area contributed by atoms with E-state index in [1.807, 2.05) is 7.05 Å². The van der Waals surface area contributed by atoms with Crippen LogP contribution in [0.25, 0.3) is 11.0 Å². The van der Waals surface area contributed by atoms with E-state index in [0.29, 0.717) is 12.6 Å². The molecule has 28 heavy (non-hydrogen) atoms. The fourth-order valence-corrected chi connectivity index (χ4v) is 3.16. The first-order valence-electron chi connectivity index (χ1n) is 9.89. The fraction of sp³-hybridized carbons (Fsp3) is 0.667. The first-order valence-corrected chi connectivity index (χ1v) is 9.89. The second kappa shape index (κ2) is 10.2. The standard InChI is InChI=1S/C18H31N9O/c1-4-19-18(22-11-14(2)27-7-9-28-10-8-27)21-6-5-20-16-15-12-25-26(3)17(15)24-13-23-16/h12-14H,4-11H2,1-3H3,(H2,19,21,22)(H,20,23,24). The minimum absolute atomic E-state index is 0.400. The summed E-state index contributed by atoms with van der Waals surface area (Å²) < 4.78 is 7.16. The van der Waals surface area contributed by atoms with Crippen molar-refractivity contribution in [1.82, 2.24) is 35.3 Å². The normalized spacial score (nSPS) is 16.9. The quantitative estimate of drug-likeness (QED) is 0.331. The van der Waals surface area contributed by atoms with Crippen molar-refractivity contribution in [3.63, 3.8) is 0 Å². The first-order chi connectivity index (χ1) is 13.7. The SMILES string of the molecule is CCNC(=NCC(C)N1CCOCC1)NCCNc1ncnc2c1cnn2C. The zero-order valence-corrected chi connectivity index (χ0v) is 17.0. The van der Waals surface area contributed by atoms with Crippen LogP contribution in [-0.4, -0.2) is 89.1 Å². The van der Waals surface area contributed by atoms with Gasteiger partial charge in [0.1, 0.15) is 12.1 Å². The molecule has 0 bridgehead atoms. The van der Waals surface area contributed by atoms with Gasteiger partial charge in [-0.2, -0.15) is 5.10 Å². The summed E-state index contributed by atoms with van der Waals surface area (Å²) in [7, 11) is 1.87. The van der Waals surface area contributed by atoms with Gasteiger partial charge in [0.05, 0.1) is 31.3 Å². The Kier molecular flexibility index (Phi) is 7.38. The molecular formula is C18H31N9O. The van der Waals surface area contributed by atoms with Gasteiger partial charge in [-0.15, -0.1) is 0 Å². The largest absolute Gasteiger partial charge is 0.379 e. The van der Waals surface area contributed by atoms with E-state index in [1.54, 1.807) is 17.2 Å². The summed E-state index contributed by atoms with van der Waals surface area (Å²) in [6.45, 7) is 10.9. The third-order valence-corrected chi connectivity index (χ3v) is 4.77. The summed E-state index contributed by atoms with van der Waals surface area (Å²) in [6.07, 6.45) is 3.34. The molecule has 2 aromatic rings. The highest BCUT2D eigenvalue weighted by molar-refractivity contribution is 5.86. The van der Waals surface area contributed by atoms with Crippen LogP contribution in [0.2, 0.25) is 0 Å². The molecule has 1 aliphatic heterocycles. The monoisotopic (exact) mass is 389 g/mol. The van der Waals surface area contributed by atoms with E-state index < -0.39 is 0 Å². The van der Waals surface area contributed by atoms with Gasteiger partial charge in [0, 0.05) is 45.8 Å². The fourth-order valence-electron chi connectivity index (χ4n) is 3.16. The Bertz CT molecular complexity index is 770. The predicted molar refractivity (Wildman–Crippen MR) is 111 cm³/mol. The van der Waals surface area contributed by atoms with Crippen LogP contribution >= 0.6 is 0 Å². The van der Waals surface area contributed by atoms with Crippen LogP contribution in [0.4, 0.5) is 5.82 Å². The molecule has 10 nitrogen and oxygen atoms in total. The molecule has 154 valence electrons. The van der Waals surface area contributed by atoms with Crippen LogP contribution in [0, 0.1) is 0 Å². The smallest absolute Gasteiger partial charge is 0.191 e. The summed E-state index contributed by atoms with van der Waals surface area (Å²) in [5.41, 5.74) is 0.817. The molecule has 1 saturated heterocycles. The van der Waals surface area contributed by atoms with Crippen molar-refractivity contribution in [2.45, 2.75) is 19.9 Å². The minimum Gasteiger partial charge on any atom is -0.379 e. The van der Waals surface area contributed by atoms with E-state index in [2.05, 4.69) is 49.8 Å². The number of rotatable bonds is 8. The molecule has 0 radical (unpaired) electrons. The van der Waals surface area contributed by atoms with Crippen molar-refractivity contribution in [1.29, 1.82) is 0 Å². The molecule has 0 amide bonds. The number of hydrogen-bond donors (Lipinski definition) is 3. The van der Waals surface area contributed by atoms with E-state index in [-0.39, 0.29) is 0 Å². The Balaban J connectivity index is 1.47. The lowest BCUT2D eigenvalue weighted by molar-refractivity contribution is 0.0220. The number of aryl methyl sites for hydroxylation is 1. The second-order valence-electron chi connectivity index (χ2n) is 6.80. The maximum atomic E-state index is 5.42. The van der Waals surface area contributed by atoms with Gasteiger partial charge in [-0.1, -0.05) is 0 Å². The van der Waals surface area contributed by atoms with Crippen LogP contribution in [0.3, 0.4) is 0 Å². The Morgan fingerprint density at radius 1 is 1.25 bits per heavy atom. The van der Waals surface area contributed by atoms with Gasteiger partial charge in [0.25, 0.3) is 0 Å². The van der Waals surface area contributed by atoms with Gasteiger partial charge < -0.3 is 20.7 Å². The van der Waals surface area contributed by atoms with Crippen LogP contribution in [-0.2, 0) is 11.8 Å². The average Bonchev–Trinajstić information content (AvgIpc) is 3.11. The zero-order valence-electron chi connectivity index (χ0n) is 17.0. The van der Waals surface area contributed by atoms with Crippen molar-refractivity contribution < 1.29 is 4.74 Å². The summed E-state index contributed by atoms with van der Waals surface area (Å²) >= 11 is 0. The third-order valence-electron chi connectivity index (χ3n) is 4.77. The topological polar surface area (TPSA) is 105 Å². The van der Waals surface area contributed by atoms with Crippen molar-refractivity contribution in [3.8, 4) is 0 Å². The summed E-state index contributed by atoms with van der Waals surface area (Å²) in [4.78, 5) is 15.7. The first kappa shape index (κ1) is 20.3. The Morgan fingerprint density at radius 2 is 2.07 bits per heavy atom. The number of nitrogens with zero attached hydrogens (tertiary/aromatic N) is 6. The molecule has 3 N–H and O–H groups in total. The summed E-state index contributed by atoms with van der Waals surface area (Å²) in [5.74, 6) is 1.63. The summed E-state index contributed by atoms with van der Waals surface area (Å²) in [5, 5.41) is 15.2. The number of aromatic nitrogens is 4. The van der Waals surface area contributed by atoms with Crippen LogP contribution in [0.5, 0.6) is 0 Å². The van der Waals surface area contributed by atoms with Gasteiger partial charge in [0.15, 0.2) is 11.6 Å². The molecule has 1 atom stereocenters. The number of hydrogen-bond acceptors (Lipinski definition) is 7. The van der Waals surface area contributed by atoms with Gasteiger partial charge in [0.2, 0.25) is 0 Å². The van der Waals surface area contributed by atoms with Crippen LogP contribution in [0.1, 0.15) is 13.8 Å². The number of anilines is 1. The highest BCUT2D eigenvalue weighted by Crippen LogP contribution is 2.17. The highest BCUT2D eigenvalue weighted by atomic mass is 16.5. The number of aliphatic imine (C=N–C) groups is 1. The molecule has 10 heteroatoms. The number of nitrogens with one attached hydrogen (secondary N) is 3. The number of morpholine rings is 1. The van der Waals surface area contributed by atoms with Crippen molar-refractivity contribution in [3.05, 3.63) is 12.5 Å². The van der Waals surface area contributed by atoms with Gasteiger partial charge in [-0.25, -0.2) is 9.97 Å². The molecule has 3 heterocycles. The maximum Gasteiger partial charge on any atom is 0.191 e. The van der Waals surface area contributed by atoms with E-state index in [4.69, 9.17) is 9.73 Å². The molecule has 0 aromatic carbocycles. The molecule has 1 unspecified atom stereocenters. The molecule has 3 rings (SSSR count). The molecule has 0 saturated carbocycles. The highest BCUT2D eigenvalue weighted by Gasteiger charge is 2.16. The van der Waals surface area contributed by atoms with Crippen molar-refractivity contribution >= 4 is 22.8 Å². The number of guanidine groups is 1. The molecule has 0 spiro atoms. The lowest BCUT2D eigenvalue weighted by atomic mass is 10.2. The van der Waals surface area contributed by atoms with Gasteiger partial charge in [-0.05, 0) is 13.8 Å². The summed E-state index contributed by atoms with van der Waals surface area (Å²) in [6, 6.07) is 0.400. The van der Waals surface area contributed by atoms with E-state index in [9.17, 15) is 0 Å². The Labute approximate surface area is 165 Å². The van der Waals surface area contributed by atoms with Gasteiger partial charge >= 0.3 is 0 Å². The van der Waals surface area contributed by atoms with Gasteiger partial charge in [-0.3, -0.25) is 14.6 Å². The molecular weight excluding hydrogens is 358 g/mol. The molecule has 2 aromatic heterocycles. The lowest BCUT2D eigenvalue weighted by Gasteiger charge is -2.31. The van der Waals surface area contributed by atoms with E-state index >= 15 is 0 Å². The average molecular weight is 390 g/mol. The Morgan fingerprint density at radius 3 is 2.86 bits per heavy atom. The predicted octanol–water partition coefficient (Wildman–Crippen LogP) is 0.0510. The third kappa shape index (κ3) is 5.29. The van der Waals surface area contributed by atoms with Crippen LogP contribution < -0.4 is 16.0 Å². The van der Waals surface area contributed by atoms with E-state index in [0.717, 1.165) is 68.7 Å². The second-order valence-corrected chi connectivity index (χ2v) is 6.80.